The van der Waals surface area contributed by atoms with Crippen molar-refractivity contribution < 1.29 is 24.9 Å². The number of esters is 1. The molecule has 0 spiro atoms. The first-order valence-electron chi connectivity index (χ1n) is 8.61. The highest BCUT2D eigenvalue weighted by atomic mass is 16.5. The second-order valence-corrected chi connectivity index (χ2v) is 6.23. The Labute approximate surface area is 162 Å². The van der Waals surface area contributed by atoms with Gasteiger partial charge in [-0.1, -0.05) is 12.1 Å². The minimum atomic E-state index is -1.08. The minimum Gasteiger partial charge on any atom is -0.478 e. The molecule has 0 amide bonds. The van der Waals surface area contributed by atoms with Gasteiger partial charge in [0.2, 0.25) is 0 Å². The number of dihydropyridines is 1. The van der Waals surface area contributed by atoms with Crippen LogP contribution in [0.2, 0.25) is 0 Å². The van der Waals surface area contributed by atoms with Crippen LogP contribution in [-0.4, -0.2) is 38.7 Å². The summed E-state index contributed by atoms with van der Waals surface area (Å²) in [5.74, 6) is -2.33. The molecular formula is C20H23N3O5. The van der Waals surface area contributed by atoms with Gasteiger partial charge in [-0.15, -0.1) is 0 Å². The summed E-state index contributed by atoms with van der Waals surface area (Å²) in [4.78, 5) is 28.7. The van der Waals surface area contributed by atoms with Crippen molar-refractivity contribution in [2.75, 3.05) is 6.61 Å². The number of rotatable bonds is 5. The molecule has 1 aromatic carbocycles. The van der Waals surface area contributed by atoms with Crippen LogP contribution in [0, 0.1) is 0 Å². The van der Waals surface area contributed by atoms with Gasteiger partial charge in [-0.2, -0.15) is 0 Å². The summed E-state index contributed by atoms with van der Waals surface area (Å²) < 4.78 is 7.02. The Morgan fingerprint density at radius 1 is 1.25 bits per heavy atom. The predicted octanol–water partition coefficient (Wildman–Crippen LogP) is 1.93. The van der Waals surface area contributed by atoms with Crippen LogP contribution >= 0.6 is 0 Å². The van der Waals surface area contributed by atoms with E-state index in [4.69, 9.17) is 4.74 Å². The topological polar surface area (TPSA) is 125 Å². The largest absolute Gasteiger partial charge is 0.478 e. The van der Waals surface area contributed by atoms with E-state index >= 15 is 0 Å². The Hall–Kier alpha value is -3.39. The third-order valence-corrected chi connectivity index (χ3v) is 4.49. The second-order valence-electron chi connectivity index (χ2n) is 6.23. The van der Waals surface area contributed by atoms with Crippen molar-refractivity contribution in [2.45, 2.75) is 26.7 Å². The molecule has 0 saturated heterocycles. The molecule has 148 valence electrons. The maximum atomic E-state index is 12.6. The fourth-order valence-electron chi connectivity index (χ4n) is 3.37. The van der Waals surface area contributed by atoms with Gasteiger partial charge in [0.05, 0.1) is 30.0 Å². The molecular weight excluding hydrogens is 362 g/mol. The molecule has 0 fully saturated rings. The standard InChI is InChI=1S/C20H21N3O4.H2O/c1-4-27-20(26)17-13(3)22-12(2)16(19(24)25)18(17)14-6-5-7-15(10-14)23-9-8-21-11-23;/h5-11,18,22H,4H2,1-3H3,(H,24,25);1H2. The van der Waals surface area contributed by atoms with E-state index in [9.17, 15) is 14.7 Å². The number of hydrogen-bond donors (Lipinski definition) is 2. The van der Waals surface area contributed by atoms with E-state index in [1.165, 1.54) is 0 Å². The highest BCUT2D eigenvalue weighted by molar-refractivity contribution is 5.99. The number of aromatic nitrogens is 2. The summed E-state index contributed by atoms with van der Waals surface area (Å²) in [5.41, 5.74) is 3.06. The molecule has 2 heterocycles. The van der Waals surface area contributed by atoms with E-state index in [0.717, 1.165) is 5.69 Å². The van der Waals surface area contributed by atoms with Gasteiger partial charge in [0.15, 0.2) is 0 Å². The maximum Gasteiger partial charge on any atom is 0.336 e. The number of aliphatic carboxylic acids is 1. The van der Waals surface area contributed by atoms with Crippen molar-refractivity contribution >= 4 is 11.9 Å². The molecule has 3 rings (SSSR count). The highest BCUT2D eigenvalue weighted by Gasteiger charge is 2.37. The number of hydrogen-bond acceptors (Lipinski definition) is 5. The van der Waals surface area contributed by atoms with E-state index in [-0.39, 0.29) is 17.7 Å². The lowest BCUT2D eigenvalue weighted by molar-refractivity contribution is -0.138. The molecule has 4 N–H and O–H groups in total. The molecule has 1 aliphatic rings. The monoisotopic (exact) mass is 385 g/mol. The summed E-state index contributed by atoms with van der Waals surface area (Å²) >= 11 is 0. The van der Waals surface area contributed by atoms with E-state index < -0.39 is 17.9 Å². The fourth-order valence-corrected chi connectivity index (χ4v) is 3.37. The number of carbonyl (C=O) groups excluding carboxylic acids is 1. The van der Waals surface area contributed by atoms with Crippen molar-refractivity contribution in [3.63, 3.8) is 0 Å². The van der Waals surface area contributed by atoms with Crippen LogP contribution in [0.3, 0.4) is 0 Å². The van der Waals surface area contributed by atoms with Crippen LogP contribution in [-0.2, 0) is 14.3 Å². The number of nitrogens with zero attached hydrogens (tertiary/aromatic N) is 2. The fraction of sp³-hybridized carbons (Fsp3) is 0.250. The smallest absolute Gasteiger partial charge is 0.336 e. The lowest BCUT2D eigenvalue weighted by Gasteiger charge is -2.29. The third-order valence-electron chi connectivity index (χ3n) is 4.49. The van der Waals surface area contributed by atoms with Crippen molar-refractivity contribution in [3.8, 4) is 5.69 Å². The number of nitrogens with one attached hydrogen (secondary N) is 1. The van der Waals surface area contributed by atoms with E-state index in [1.807, 2.05) is 28.8 Å². The van der Waals surface area contributed by atoms with Crippen LogP contribution in [0.25, 0.3) is 5.69 Å². The Morgan fingerprint density at radius 2 is 1.96 bits per heavy atom. The first kappa shape index (κ1) is 20.9. The second kappa shape index (κ2) is 8.53. The number of benzene rings is 1. The van der Waals surface area contributed by atoms with Crippen LogP contribution in [0.4, 0.5) is 0 Å². The minimum absolute atomic E-state index is 0. The first-order chi connectivity index (χ1) is 12.9. The first-order valence-corrected chi connectivity index (χ1v) is 8.61. The summed E-state index contributed by atoms with van der Waals surface area (Å²) in [6, 6.07) is 7.41. The molecule has 8 heteroatoms. The molecule has 0 radical (unpaired) electrons. The van der Waals surface area contributed by atoms with E-state index in [0.29, 0.717) is 22.5 Å². The molecule has 1 aromatic heterocycles. The number of imidazole rings is 1. The number of carboxylic acid groups (broad SMARTS) is 1. The van der Waals surface area contributed by atoms with Crippen molar-refractivity contribution in [1.29, 1.82) is 0 Å². The molecule has 28 heavy (non-hydrogen) atoms. The Balaban J connectivity index is 0.00000280. The van der Waals surface area contributed by atoms with Gasteiger partial charge in [-0.3, -0.25) is 0 Å². The molecule has 1 aliphatic heterocycles. The number of carboxylic acids is 1. The van der Waals surface area contributed by atoms with Crippen LogP contribution in [0.15, 0.2) is 65.5 Å². The normalized spacial score (nSPS) is 16.3. The zero-order valence-corrected chi connectivity index (χ0v) is 15.9. The zero-order chi connectivity index (χ0) is 19.6. The summed E-state index contributed by atoms with van der Waals surface area (Å²) in [5, 5.41) is 12.8. The zero-order valence-electron chi connectivity index (χ0n) is 15.9. The maximum absolute atomic E-state index is 12.6. The van der Waals surface area contributed by atoms with Crippen LogP contribution in [0.5, 0.6) is 0 Å². The third kappa shape index (κ3) is 3.81. The van der Waals surface area contributed by atoms with Gasteiger partial charge in [-0.25, -0.2) is 14.6 Å². The number of allylic oxidation sites excluding steroid dienone is 2. The van der Waals surface area contributed by atoms with E-state index in [1.54, 1.807) is 39.5 Å². The lowest BCUT2D eigenvalue weighted by atomic mass is 9.80. The van der Waals surface area contributed by atoms with Crippen LogP contribution in [0.1, 0.15) is 32.3 Å². The summed E-state index contributed by atoms with van der Waals surface area (Å²) in [6.45, 7) is 5.38. The van der Waals surface area contributed by atoms with Gasteiger partial charge in [0.1, 0.15) is 0 Å². The van der Waals surface area contributed by atoms with Crippen molar-refractivity contribution in [2.24, 2.45) is 0 Å². The van der Waals surface area contributed by atoms with Crippen molar-refractivity contribution in [1.82, 2.24) is 14.9 Å². The molecule has 1 unspecified atom stereocenters. The number of carbonyl (C=O) groups is 2. The highest BCUT2D eigenvalue weighted by Crippen LogP contribution is 2.39. The number of ether oxygens (including phenoxy) is 1. The van der Waals surface area contributed by atoms with Crippen molar-refractivity contribution in [3.05, 3.63) is 71.1 Å². The summed E-state index contributed by atoms with van der Waals surface area (Å²) in [7, 11) is 0. The lowest BCUT2D eigenvalue weighted by Crippen LogP contribution is -2.31. The van der Waals surface area contributed by atoms with Gasteiger partial charge in [-0.05, 0) is 38.5 Å². The van der Waals surface area contributed by atoms with Crippen LogP contribution < -0.4 is 5.32 Å². The molecule has 0 bridgehead atoms. The average molecular weight is 385 g/mol. The van der Waals surface area contributed by atoms with Gasteiger partial charge in [0, 0.05) is 29.5 Å². The molecule has 0 saturated carbocycles. The van der Waals surface area contributed by atoms with Gasteiger partial charge >= 0.3 is 11.9 Å². The quantitative estimate of drug-likeness (QED) is 0.758. The molecule has 8 nitrogen and oxygen atoms in total. The van der Waals surface area contributed by atoms with Gasteiger partial charge < -0.3 is 25.2 Å². The Kier molecular flexibility index (Phi) is 6.37. The van der Waals surface area contributed by atoms with E-state index in [2.05, 4.69) is 10.3 Å². The Morgan fingerprint density at radius 3 is 2.57 bits per heavy atom. The molecule has 2 aromatic rings. The van der Waals surface area contributed by atoms with Gasteiger partial charge in [0.25, 0.3) is 0 Å². The Bertz CT molecular complexity index is 945. The molecule has 0 aliphatic carbocycles. The summed E-state index contributed by atoms with van der Waals surface area (Å²) in [6.07, 6.45) is 5.13. The predicted molar refractivity (Wildman–Crippen MR) is 103 cm³/mol. The SMILES string of the molecule is CCOC(=O)C1=C(C)NC(C)=C(C(=O)O)C1c1cccc(-n2ccnc2)c1.O. The molecule has 1 atom stereocenters. The average Bonchev–Trinajstić information content (AvgIpc) is 3.15.